The Bertz CT molecular complexity index is 1030. The van der Waals surface area contributed by atoms with Gasteiger partial charge in [-0.3, -0.25) is 9.78 Å². The van der Waals surface area contributed by atoms with Crippen LogP contribution in [0.5, 0.6) is 11.5 Å². The molecule has 1 aliphatic heterocycles. The Labute approximate surface area is 167 Å². The summed E-state index contributed by atoms with van der Waals surface area (Å²) in [7, 11) is 0. The lowest BCUT2D eigenvalue weighted by atomic mass is 9.81. The van der Waals surface area contributed by atoms with Crippen molar-refractivity contribution in [3.63, 3.8) is 0 Å². The number of hydrogen-bond donors (Lipinski definition) is 1. The number of aromatic nitrogens is 3. The highest BCUT2D eigenvalue weighted by molar-refractivity contribution is 5.95. The Balaban J connectivity index is 1.44. The first-order chi connectivity index (χ1) is 14.2. The van der Waals surface area contributed by atoms with Crippen LogP contribution >= 0.6 is 0 Å². The van der Waals surface area contributed by atoms with Gasteiger partial charge in [-0.1, -0.05) is 24.4 Å². The van der Waals surface area contributed by atoms with Gasteiger partial charge in [0.25, 0.3) is 11.8 Å². The van der Waals surface area contributed by atoms with Crippen LogP contribution in [-0.4, -0.2) is 27.8 Å². The van der Waals surface area contributed by atoms with Gasteiger partial charge >= 0.3 is 0 Å². The quantitative estimate of drug-likeness (QED) is 0.726. The standard InChI is InChI=1S/C21H20N4O4/c26-19(15-4-5-16-17(12-15)28-13-27-16)24-21(8-2-1-3-9-21)20-23-18(25-29-20)14-6-10-22-11-7-14/h4-7,10-12H,1-3,8-9,13H2,(H,24,26). The summed E-state index contributed by atoms with van der Waals surface area (Å²) >= 11 is 0. The van der Waals surface area contributed by atoms with E-state index in [1.807, 2.05) is 12.1 Å². The minimum atomic E-state index is -0.677. The molecule has 1 amide bonds. The predicted octanol–water partition coefficient (Wildman–Crippen LogP) is 3.45. The Kier molecular flexibility index (Phi) is 4.38. The maximum Gasteiger partial charge on any atom is 0.252 e. The van der Waals surface area contributed by atoms with Gasteiger partial charge in [0.15, 0.2) is 11.5 Å². The second-order valence-corrected chi connectivity index (χ2v) is 7.32. The molecule has 3 aromatic rings. The summed E-state index contributed by atoms with van der Waals surface area (Å²) in [4.78, 5) is 21.7. The van der Waals surface area contributed by atoms with Crippen molar-refractivity contribution in [3.05, 3.63) is 54.2 Å². The fourth-order valence-corrected chi connectivity index (χ4v) is 3.91. The second-order valence-electron chi connectivity index (χ2n) is 7.32. The molecule has 0 radical (unpaired) electrons. The summed E-state index contributed by atoms with van der Waals surface area (Å²) in [5.74, 6) is 1.96. The molecule has 1 aromatic carbocycles. The number of fused-ring (bicyclic) bond motifs is 1. The fourth-order valence-electron chi connectivity index (χ4n) is 3.91. The number of amides is 1. The molecular formula is C21H20N4O4. The van der Waals surface area contributed by atoms with Crippen LogP contribution in [0, 0.1) is 0 Å². The summed E-state index contributed by atoms with van der Waals surface area (Å²) in [6, 6.07) is 8.83. The zero-order valence-electron chi connectivity index (χ0n) is 15.8. The highest BCUT2D eigenvalue weighted by Crippen LogP contribution is 2.38. The minimum absolute atomic E-state index is 0.171. The van der Waals surface area contributed by atoms with Crippen molar-refractivity contribution >= 4 is 5.91 Å². The molecule has 0 spiro atoms. The van der Waals surface area contributed by atoms with Crippen molar-refractivity contribution in [1.82, 2.24) is 20.4 Å². The summed E-state index contributed by atoms with van der Waals surface area (Å²) < 4.78 is 16.4. The van der Waals surface area contributed by atoms with Crippen molar-refractivity contribution in [2.24, 2.45) is 0 Å². The van der Waals surface area contributed by atoms with Crippen molar-refractivity contribution < 1.29 is 18.8 Å². The zero-order chi connectivity index (χ0) is 19.7. The topological polar surface area (TPSA) is 99.4 Å². The molecule has 0 bridgehead atoms. The number of nitrogens with zero attached hydrogens (tertiary/aromatic N) is 3. The number of nitrogens with one attached hydrogen (secondary N) is 1. The van der Waals surface area contributed by atoms with Gasteiger partial charge in [-0.15, -0.1) is 0 Å². The molecule has 0 unspecified atom stereocenters. The summed E-state index contributed by atoms with van der Waals surface area (Å²) in [5.41, 5.74) is 0.653. The highest BCUT2D eigenvalue weighted by Gasteiger charge is 2.41. The van der Waals surface area contributed by atoms with Gasteiger partial charge < -0.3 is 19.3 Å². The summed E-state index contributed by atoms with van der Waals surface area (Å²) in [6.45, 7) is 0.171. The van der Waals surface area contributed by atoms with E-state index in [-0.39, 0.29) is 12.7 Å². The van der Waals surface area contributed by atoms with Crippen LogP contribution in [-0.2, 0) is 5.54 Å². The van der Waals surface area contributed by atoms with E-state index < -0.39 is 5.54 Å². The lowest BCUT2D eigenvalue weighted by Gasteiger charge is -2.34. The third-order valence-corrected chi connectivity index (χ3v) is 5.47. The number of benzene rings is 1. The first-order valence-corrected chi connectivity index (χ1v) is 9.70. The summed E-state index contributed by atoms with van der Waals surface area (Å²) in [6.07, 6.45) is 7.95. The average molecular weight is 392 g/mol. The van der Waals surface area contributed by atoms with E-state index in [2.05, 4.69) is 20.4 Å². The number of rotatable bonds is 4. The molecule has 5 rings (SSSR count). The van der Waals surface area contributed by atoms with Gasteiger partial charge in [0.1, 0.15) is 5.54 Å². The van der Waals surface area contributed by atoms with Crippen LogP contribution in [0.25, 0.3) is 11.4 Å². The molecule has 0 atom stereocenters. The van der Waals surface area contributed by atoms with E-state index in [4.69, 9.17) is 14.0 Å². The molecule has 29 heavy (non-hydrogen) atoms. The number of carbonyl (C=O) groups is 1. The number of ether oxygens (including phenoxy) is 2. The SMILES string of the molecule is O=C(NC1(c2nc(-c3ccncc3)no2)CCCCC1)c1ccc2c(c1)OCO2. The third kappa shape index (κ3) is 3.30. The van der Waals surface area contributed by atoms with E-state index in [1.165, 1.54) is 0 Å². The Hall–Kier alpha value is -3.42. The first kappa shape index (κ1) is 17.7. The van der Waals surface area contributed by atoms with Crippen LogP contribution in [0.4, 0.5) is 0 Å². The molecule has 148 valence electrons. The average Bonchev–Trinajstić information content (AvgIpc) is 3.44. The molecule has 0 saturated heterocycles. The Morgan fingerprint density at radius 1 is 1.00 bits per heavy atom. The van der Waals surface area contributed by atoms with E-state index in [0.29, 0.717) is 28.8 Å². The van der Waals surface area contributed by atoms with Crippen molar-refractivity contribution in [2.75, 3.05) is 6.79 Å². The summed E-state index contributed by atoms with van der Waals surface area (Å²) in [5, 5.41) is 7.31. The van der Waals surface area contributed by atoms with Gasteiger partial charge in [-0.05, 0) is 43.2 Å². The fraction of sp³-hybridized carbons (Fsp3) is 0.333. The van der Waals surface area contributed by atoms with Crippen molar-refractivity contribution in [1.29, 1.82) is 0 Å². The monoisotopic (exact) mass is 392 g/mol. The molecule has 8 heteroatoms. The molecule has 1 N–H and O–H groups in total. The zero-order valence-corrected chi connectivity index (χ0v) is 15.8. The lowest BCUT2D eigenvalue weighted by Crippen LogP contribution is -2.47. The highest BCUT2D eigenvalue weighted by atomic mass is 16.7. The molecule has 2 aliphatic rings. The lowest BCUT2D eigenvalue weighted by molar-refractivity contribution is 0.0824. The molecule has 1 saturated carbocycles. The number of carbonyl (C=O) groups excluding carboxylic acids is 1. The largest absolute Gasteiger partial charge is 0.454 e. The maximum atomic E-state index is 13.1. The number of hydrogen-bond acceptors (Lipinski definition) is 7. The van der Waals surface area contributed by atoms with Crippen LogP contribution in [0.1, 0.15) is 48.4 Å². The number of pyridine rings is 1. The predicted molar refractivity (Wildman–Crippen MR) is 102 cm³/mol. The van der Waals surface area contributed by atoms with Crippen molar-refractivity contribution in [3.8, 4) is 22.9 Å². The van der Waals surface area contributed by atoms with Crippen LogP contribution in [0.15, 0.2) is 47.2 Å². The van der Waals surface area contributed by atoms with E-state index >= 15 is 0 Å². The molecule has 1 fully saturated rings. The molecule has 1 aliphatic carbocycles. The van der Waals surface area contributed by atoms with Gasteiger partial charge in [0.05, 0.1) is 0 Å². The van der Waals surface area contributed by atoms with Gasteiger partial charge in [-0.25, -0.2) is 0 Å². The third-order valence-electron chi connectivity index (χ3n) is 5.47. The van der Waals surface area contributed by atoms with Crippen LogP contribution < -0.4 is 14.8 Å². The second kappa shape index (κ2) is 7.20. The molecular weight excluding hydrogens is 372 g/mol. The molecule has 2 aromatic heterocycles. The Morgan fingerprint density at radius 2 is 1.79 bits per heavy atom. The molecule has 8 nitrogen and oxygen atoms in total. The first-order valence-electron chi connectivity index (χ1n) is 9.70. The maximum absolute atomic E-state index is 13.1. The van der Waals surface area contributed by atoms with Crippen LogP contribution in [0.2, 0.25) is 0 Å². The normalized spacial score (nSPS) is 17.1. The van der Waals surface area contributed by atoms with Crippen LogP contribution in [0.3, 0.4) is 0 Å². The van der Waals surface area contributed by atoms with Crippen molar-refractivity contribution in [2.45, 2.75) is 37.6 Å². The smallest absolute Gasteiger partial charge is 0.252 e. The van der Waals surface area contributed by atoms with Gasteiger partial charge in [0, 0.05) is 23.5 Å². The van der Waals surface area contributed by atoms with E-state index in [9.17, 15) is 4.79 Å². The van der Waals surface area contributed by atoms with Gasteiger partial charge in [0.2, 0.25) is 12.6 Å². The molecule has 3 heterocycles. The van der Waals surface area contributed by atoms with E-state index in [1.54, 1.807) is 30.6 Å². The van der Waals surface area contributed by atoms with E-state index in [0.717, 1.165) is 37.7 Å². The Morgan fingerprint density at radius 3 is 2.62 bits per heavy atom. The minimum Gasteiger partial charge on any atom is -0.454 e. The van der Waals surface area contributed by atoms with Gasteiger partial charge in [-0.2, -0.15) is 4.98 Å².